The van der Waals surface area contributed by atoms with E-state index in [2.05, 4.69) is 30.1 Å². The first-order valence-corrected chi connectivity index (χ1v) is 5.84. The zero-order valence-electron chi connectivity index (χ0n) is 10.1. The SMILES string of the molecule is C/C=C/COc1cccc2c1CCN(C)C2. The Morgan fingerprint density at radius 2 is 2.31 bits per heavy atom. The molecule has 0 aromatic heterocycles. The fraction of sp³-hybridized carbons (Fsp3) is 0.429. The maximum atomic E-state index is 5.77. The molecule has 0 atom stereocenters. The van der Waals surface area contributed by atoms with Crippen molar-refractivity contribution in [3.8, 4) is 5.75 Å². The van der Waals surface area contributed by atoms with Crippen LogP contribution in [0, 0.1) is 0 Å². The van der Waals surface area contributed by atoms with Crippen LogP contribution in [-0.4, -0.2) is 25.1 Å². The number of fused-ring (bicyclic) bond motifs is 1. The molecule has 2 rings (SSSR count). The monoisotopic (exact) mass is 217 g/mol. The number of likely N-dealkylation sites (N-methyl/N-ethyl adjacent to an activating group) is 1. The highest BCUT2D eigenvalue weighted by Crippen LogP contribution is 2.27. The molecular formula is C14H19NO. The summed E-state index contributed by atoms with van der Waals surface area (Å²) in [4.78, 5) is 2.35. The molecule has 1 heterocycles. The minimum atomic E-state index is 0.669. The molecule has 0 bridgehead atoms. The number of rotatable bonds is 3. The Kier molecular flexibility index (Phi) is 3.62. The van der Waals surface area contributed by atoms with Crippen molar-refractivity contribution < 1.29 is 4.74 Å². The van der Waals surface area contributed by atoms with Crippen LogP contribution in [0.2, 0.25) is 0 Å². The second kappa shape index (κ2) is 5.17. The van der Waals surface area contributed by atoms with Gasteiger partial charge in [-0.1, -0.05) is 24.3 Å². The van der Waals surface area contributed by atoms with E-state index in [0.717, 1.165) is 25.3 Å². The minimum Gasteiger partial charge on any atom is -0.489 e. The van der Waals surface area contributed by atoms with Gasteiger partial charge in [0.2, 0.25) is 0 Å². The van der Waals surface area contributed by atoms with E-state index in [1.165, 1.54) is 11.1 Å². The summed E-state index contributed by atoms with van der Waals surface area (Å²) in [5.74, 6) is 1.06. The van der Waals surface area contributed by atoms with Gasteiger partial charge in [-0.3, -0.25) is 0 Å². The van der Waals surface area contributed by atoms with Gasteiger partial charge in [-0.15, -0.1) is 0 Å². The van der Waals surface area contributed by atoms with Crippen LogP contribution in [0.3, 0.4) is 0 Å². The van der Waals surface area contributed by atoms with E-state index in [1.54, 1.807) is 0 Å². The molecule has 0 unspecified atom stereocenters. The Bertz CT molecular complexity index is 384. The number of allylic oxidation sites excluding steroid dienone is 1. The number of hydrogen-bond acceptors (Lipinski definition) is 2. The van der Waals surface area contributed by atoms with Gasteiger partial charge < -0.3 is 9.64 Å². The molecule has 0 saturated heterocycles. The van der Waals surface area contributed by atoms with E-state index in [-0.39, 0.29) is 0 Å². The Hall–Kier alpha value is -1.28. The summed E-state index contributed by atoms with van der Waals surface area (Å²) in [7, 11) is 2.16. The molecule has 0 radical (unpaired) electrons. The molecule has 0 fully saturated rings. The Morgan fingerprint density at radius 1 is 1.44 bits per heavy atom. The van der Waals surface area contributed by atoms with E-state index in [1.807, 2.05) is 19.1 Å². The summed E-state index contributed by atoms with van der Waals surface area (Å²) >= 11 is 0. The highest BCUT2D eigenvalue weighted by Gasteiger charge is 2.16. The predicted octanol–water partition coefficient (Wildman–Crippen LogP) is 2.63. The number of benzene rings is 1. The first kappa shape index (κ1) is 11.2. The van der Waals surface area contributed by atoms with Gasteiger partial charge in [0.1, 0.15) is 12.4 Å². The van der Waals surface area contributed by atoms with Gasteiger partial charge in [-0.2, -0.15) is 0 Å². The Morgan fingerprint density at radius 3 is 3.12 bits per heavy atom. The van der Waals surface area contributed by atoms with Crippen molar-refractivity contribution >= 4 is 0 Å². The summed E-state index contributed by atoms with van der Waals surface area (Å²) in [6.07, 6.45) is 5.15. The average Bonchev–Trinajstić information content (AvgIpc) is 2.29. The van der Waals surface area contributed by atoms with Gasteiger partial charge in [-0.25, -0.2) is 0 Å². The standard InChI is InChI=1S/C14H19NO/c1-3-4-10-16-14-7-5-6-12-11-15(2)9-8-13(12)14/h3-7H,8-11H2,1-2H3/b4-3+. The van der Waals surface area contributed by atoms with Gasteiger partial charge >= 0.3 is 0 Å². The third kappa shape index (κ3) is 2.45. The molecular weight excluding hydrogens is 198 g/mol. The summed E-state index contributed by atoms with van der Waals surface area (Å²) in [5.41, 5.74) is 2.80. The van der Waals surface area contributed by atoms with Gasteiger partial charge in [0, 0.05) is 13.1 Å². The van der Waals surface area contributed by atoms with Crippen molar-refractivity contribution in [2.75, 3.05) is 20.2 Å². The van der Waals surface area contributed by atoms with Crippen LogP contribution in [0.25, 0.3) is 0 Å². The van der Waals surface area contributed by atoms with E-state index >= 15 is 0 Å². The summed E-state index contributed by atoms with van der Waals surface area (Å²) < 4.78 is 5.77. The number of nitrogens with zero attached hydrogens (tertiary/aromatic N) is 1. The lowest BCUT2D eigenvalue weighted by atomic mass is 9.99. The zero-order chi connectivity index (χ0) is 11.4. The molecule has 0 amide bonds. The Labute approximate surface area is 97.5 Å². The molecule has 1 aliphatic rings. The van der Waals surface area contributed by atoms with Crippen molar-refractivity contribution in [1.82, 2.24) is 4.90 Å². The summed E-state index contributed by atoms with van der Waals surface area (Å²) in [5, 5.41) is 0. The van der Waals surface area contributed by atoms with Gasteiger partial charge in [0.15, 0.2) is 0 Å². The van der Waals surface area contributed by atoms with Gasteiger partial charge in [0.05, 0.1) is 0 Å². The smallest absolute Gasteiger partial charge is 0.123 e. The van der Waals surface area contributed by atoms with Crippen molar-refractivity contribution in [3.05, 3.63) is 41.5 Å². The molecule has 86 valence electrons. The number of hydrogen-bond donors (Lipinski definition) is 0. The summed E-state index contributed by atoms with van der Waals surface area (Å²) in [6.45, 7) is 4.84. The Balaban J connectivity index is 2.16. The van der Waals surface area contributed by atoms with E-state index < -0.39 is 0 Å². The second-order valence-corrected chi connectivity index (χ2v) is 4.26. The van der Waals surface area contributed by atoms with Crippen LogP contribution in [-0.2, 0) is 13.0 Å². The molecule has 0 N–H and O–H groups in total. The molecule has 1 aromatic carbocycles. The third-order valence-corrected chi connectivity index (χ3v) is 2.98. The molecule has 2 nitrogen and oxygen atoms in total. The first-order chi connectivity index (χ1) is 7.81. The molecule has 1 aromatic rings. The highest BCUT2D eigenvalue weighted by atomic mass is 16.5. The van der Waals surface area contributed by atoms with E-state index in [4.69, 9.17) is 4.74 Å². The first-order valence-electron chi connectivity index (χ1n) is 5.84. The molecule has 1 aliphatic heterocycles. The fourth-order valence-corrected chi connectivity index (χ4v) is 2.08. The van der Waals surface area contributed by atoms with Crippen LogP contribution in [0.4, 0.5) is 0 Å². The van der Waals surface area contributed by atoms with Crippen LogP contribution in [0.5, 0.6) is 5.75 Å². The summed E-state index contributed by atoms with van der Waals surface area (Å²) in [6, 6.07) is 6.37. The van der Waals surface area contributed by atoms with Crippen LogP contribution < -0.4 is 4.74 Å². The topological polar surface area (TPSA) is 12.5 Å². The van der Waals surface area contributed by atoms with Crippen molar-refractivity contribution in [2.24, 2.45) is 0 Å². The maximum absolute atomic E-state index is 5.77. The lowest BCUT2D eigenvalue weighted by Crippen LogP contribution is -2.26. The zero-order valence-corrected chi connectivity index (χ0v) is 10.1. The average molecular weight is 217 g/mol. The van der Waals surface area contributed by atoms with Gasteiger partial charge in [-0.05, 0) is 37.6 Å². The predicted molar refractivity (Wildman–Crippen MR) is 66.8 cm³/mol. The van der Waals surface area contributed by atoms with Crippen LogP contribution >= 0.6 is 0 Å². The lowest BCUT2D eigenvalue weighted by Gasteiger charge is -2.26. The van der Waals surface area contributed by atoms with Crippen LogP contribution in [0.1, 0.15) is 18.1 Å². The van der Waals surface area contributed by atoms with E-state index in [9.17, 15) is 0 Å². The number of ether oxygens (including phenoxy) is 1. The third-order valence-electron chi connectivity index (χ3n) is 2.98. The largest absolute Gasteiger partial charge is 0.489 e. The molecule has 0 saturated carbocycles. The van der Waals surface area contributed by atoms with Gasteiger partial charge in [0.25, 0.3) is 0 Å². The molecule has 0 aliphatic carbocycles. The maximum Gasteiger partial charge on any atom is 0.123 e. The molecule has 16 heavy (non-hydrogen) atoms. The molecule has 2 heteroatoms. The quantitative estimate of drug-likeness (QED) is 0.722. The van der Waals surface area contributed by atoms with E-state index in [0.29, 0.717) is 6.61 Å². The minimum absolute atomic E-state index is 0.669. The normalized spacial score (nSPS) is 16.4. The van der Waals surface area contributed by atoms with Crippen molar-refractivity contribution in [2.45, 2.75) is 19.9 Å². The van der Waals surface area contributed by atoms with Crippen LogP contribution in [0.15, 0.2) is 30.4 Å². The molecule has 0 spiro atoms. The second-order valence-electron chi connectivity index (χ2n) is 4.26. The van der Waals surface area contributed by atoms with Crippen molar-refractivity contribution in [1.29, 1.82) is 0 Å². The highest BCUT2D eigenvalue weighted by molar-refractivity contribution is 5.41. The lowest BCUT2D eigenvalue weighted by molar-refractivity contribution is 0.301. The fourth-order valence-electron chi connectivity index (χ4n) is 2.08. The van der Waals surface area contributed by atoms with Crippen molar-refractivity contribution in [3.63, 3.8) is 0 Å².